The van der Waals surface area contributed by atoms with E-state index in [9.17, 15) is 14.4 Å². The summed E-state index contributed by atoms with van der Waals surface area (Å²) in [4.78, 5) is 47.6. The smallest absolute Gasteiger partial charge is 0.255 e. The van der Waals surface area contributed by atoms with E-state index < -0.39 is 0 Å². The van der Waals surface area contributed by atoms with Crippen LogP contribution >= 0.6 is 0 Å². The molecule has 2 aliphatic rings. The van der Waals surface area contributed by atoms with Gasteiger partial charge in [0.15, 0.2) is 0 Å². The second-order valence-corrected chi connectivity index (χ2v) is 7.87. The molecule has 7 nitrogen and oxygen atoms in total. The molecule has 1 atom stereocenters. The molecule has 1 aromatic carbocycles. The highest BCUT2D eigenvalue weighted by Gasteiger charge is 2.37. The molecule has 2 saturated heterocycles. The van der Waals surface area contributed by atoms with Gasteiger partial charge in [-0.15, -0.1) is 0 Å². The third kappa shape index (κ3) is 4.50. The minimum Gasteiger partial charge on any atom is -0.341 e. The van der Waals surface area contributed by atoms with E-state index >= 15 is 0 Å². The Bertz CT molecular complexity index is 903. The summed E-state index contributed by atoms with van der Waals surface area (Å²) in [5.74, 6) is -0.306. The van der Waals surface area contributed by atoms with Crippen molar-refractivity contribution in [1.82, 2.24) is 19.7 Å². The first kappa shape index (κ1) is 20.1. The second-order valence-electron chi connectivity index (χ2n) is 7.87. The lowest BCUT2D eigenvalue weighted by molar-refractivity contribution is -0.135. The molecule has 2 aliphatic heterocycles. The topological polar surface area (TPSA) is 73.8 Å². The van der Waals surface area contributed by atoms with E-state index in [1.54, 1.807) is 34.3 Å². The average molecular weight is 406 g/mol. The summed E-state index contributed by atoms with van der Waals surface area (Å²) in [7, 11) is 0. The fourth-order valence-electron chi connectivity index (χ4n) is 4.17. The van der Waals surface area contributed by atoms with Gasteiger partial charge in [0.25, 0.3) is 5.91 Å². The summed E-state index contributed by atoms with van der Waals surface area (Å²) >= 11 is 0. The molecule has 0 bridgehead atoms. The van der Waals surface area contributed by atoms with Crippen LogP contribution in [0.5, 0.6) is 0 Å². The zero-order chi connectivity index (χ0) is 20.9. The first-order valence-electron chi connectivity index (χ1n) is 10.4. The summed E-state index contributed by atoms with van der Waals surface area (Å²) in [6.45, 7) is 3.21. The Balaban J connectivity index is 1.34. The molecule has 0 saturated carbocycles. The van der Waals surface area contributed by atoms with Gasteiger partial charge in [-0.1, -0.05) is 30.3 Å². The van der Waals surface area contributed by atoms with Crippen LogP contribution in [-0.2, 0) is 16.1 Å². The Morgan fingerprint density at radius 1 is 0.967 bits per heavy atom. The molecule has 0 aliphatic carbocycles. The number of aromatic nitrogens is 1. The monoisotopic (exact) mass is 406 g/mol. The molecule has 30 heavy (non-hydrogen) atoms. The van der Waals surface area contributed by atoms with Crippen LogP contribution in [-0.4, -0.2) is 70.1 Å². The van der Waals surface area contributed by atoms with E-state index in [0.717, 1.165) is 12.0 Å². The molecule has 0 spiro atoms. The number of hydrogen-bond donors (Lipinski definition) is 0. The highest BCUT2D eigenvalue weighted by Crippen LogP contribution is 2.23. The second kappa shape index (κ2) is 9.07. The SMILES string of the molecule is O=C1CC(C(=O)N2CCCN(C(=O)c3cccnc3)CC2)CN1Cc1ccccc1. The molecule has 7 heteroatoms. The predicted molar refractivity (Wildman–Crippen MR) is 111 cm³/mol. The summed E-state index contributed by atoms with van der Waals surface area (Å²) in [5, 5.41) is 0. The Labute approximate surface area is 176 Å². The third-order valence-corrected chi connectivity index (χ3v) is 5.78. The molecule has 2 fully saturated rings. The number of benzene rings is 1. The van der Waals surface area contributed by atoms with Crippen LogP contribution < -0.4 is 0 Å². The summed E-state index contributed by atoms with van der Waals surface area (Å²) in [6.07, 6.45) is 4.21. The zero-order valence-corrected chi connectivity index (χ0v) is 16.9. The van der Waals surface area contributed by atoms with Gasteiger partial charge in [0.2, 0.25) is 11.8 Å². The molecular weight excluding hydrogens is 380 g/mol. The molecule has 0 radical (unpaired) electrons. The van der Waals surface area contributed by atoms with Gasteiger partial charge >= 0.3 is 0 Å². The van der Waals surface area contributed by atoms with Gasteiger partial charge in [-0.2, -0.15) is 0 Å². The van der Waals surface area contributed by atoms with E-state index in [4.69, 9.17) is 0 Å². The normalized spacial score (nSPS) is 19.7. The first-order valence-corrected chi connectivity index (χ1v) is 10.4. The predicted octanol–water partition coefficient (Wildman–Crippen LogP) is 1.80. The van der Waals surface area contributed by atoms with E-state index in [2.05, 4.69) is 4.98 Å². The van der Waals surface area contributed by atoms with E-state index in [-0.39, 0.29) is 30.1 Å². The minimum atomic E-state index is -0.304. The van der Waals surface area contributed by atoms with E-state index in [0.29, 0.717) is 44.8 Å². The number of likely N-dealkylation sites (tertiary alicyclic amines) is 1. The van der Waals surface area contributed by atoms with Crippen LogP contribution in [0.15, 0.2) is 54.9 Å². The average Bonchev–Trinajstić information content (AvgIpc) is 2.99. The molecule has 4 rings (SSSR count). The minimum absolute atomic E-state index is 0.0228. The van der Waals surface area contributed by atoms with E-state index in [1.807, 2.05) is 35.2 Å². The Kier molecular flexibility index (Phi) is 6.07. The van der Waals surface area contributed by atoms with Crippen molar-refractivity contribution in [1.29, 1.82) is 0 Å². The van der Waals surface area contributed by atoms with Gasteiger partial charge in [0, 0.05) is 58.1 Å². The fraction of sp³-hybridized carbons (Fsp3) is 0.391. The van der Waals surface area contributed by atoms with Crippen LogP contribution in [0.2, 0.25) is 0 Å². The number of hydrogen-bond acceptors (Lipinski definition) is 4. The van der Waals surface area contributed by atoms with Crippen LogP contribution in [0.1, 0.15) is 28.8 Å². The van der Waals surface area contributed by atoms with Crippen molar-refractivity contribution in [3.63, 3.8) is 0 Å². The highest BCUT2D eigenvalue weighted by atomic mass is 16.2. The van der Waals surface area contributed by atoms with Gasteiger partial charge in [0.05, 0.1) is 11.5 Å². The number of amides is 3. The number of pyridine rings is 1. The van der Waals surface area contributed by atoms with Crippen LogP contribution in [0.25, 0.3) is 0 Å². The summed E-state index contributed by atoms with van der Waals surface area (Å²) < 4.78 is 0. The Morgan fingerprint density at radius 2 is 1.73 bits per heavy atom. The first-order chi connectivity index (χ1) is 14.6. The summed E-state index contributed by atoms with van der Waals surface area (Å²) in [6, 6.07) is 13.3. The Morgan fingerprint density at radius 3 is 2.50 bits per heavy atom. The van der Waals surface area contributed by atoms with Crippen molar-refractivity contribution in [2.75, 3.05) is 32.7 Å². The molecule has 3 heterocycles. The molecule has 1 unspecified atom stereocenters. The standard InChI is InChI=1S/C23H26N4O3/c28-21-14-20(17-27(21)16-18-6-2-1-3-7-18)23(30)26-11-5-10-25(12-13-26)22(29)19-8-4-9-24-15-19/h1-4,6-9,15,20H,5,10-14,16-17H2. The molecule has 2 aromatic rings. The zero-order valence-electron chi connectivity index (χ0n) is 16.9. The number of rotatable bonds is 4. The highest BCUT2D eigenvalue weighted by molar-refractivity contribution is 5.94. The molecule has 156 valence electrons. The number of carbonyl (C=O) groups excluding carboxylic acids is 3. The number of nitrogens with zero attached hydrogens (tertiary/aromatic N) is 4. The third-order valence-electron chi connectivity index (χ3n) is 5.78. The summed E-state index contributed by atoms with van der Waals surface area (Å²) in [5.41, 5.74) is 1.63. The lowest BCUT2D eigenvalue weighted by Crippen LogP contribution is -2.40. The fourth-order valence-corrected chi connectivity index (χ4v) is 4.17. The van der Waals surface area contributed by atoms with Crippen molar-refractivity contribution >= 4 is 17.7 Å². The van der Waals surface area contributed by atoms with Gasteiger partial charge in [-0.25, -0.2) is 0 Å². The molecular formula is C23H26N4O3. The van der Waals surface area contributed by atoms with Crippen molar-refractivity contribution in [2.45, 2.75) is 19.4 Å². The maximum atomic E-state index is 13.1. The van der Waals surface area contributed by atoms with Gasteiger partial charge in [0.1, 0.15) is 0 Å². The quantitative estimate of drug-likeness (QED) is 0.776. The van der Waals surface area contributed by atoms with Crippen molar-refractivity contribution in [3.05, 3.63) is 66.0 Å². The molecule has 0 N–H and O–H groups in total. The van der Waals surface area contributed by atoms with Gasteiger partial charge in [-0.05, 0) is 24.1 Å². The van der Waals surface area contributed by atoms with Crippen LogP contribution in [0.3, 0.4) is 0 Å². The van der Waals surface area contributed by atoms with Crippen molar-refractivity contribution in [2.24, 2.45) is 5.92 Å². The van der Waals surface area contributed by atoms with Crippen LogP contribution in [0.4, 0.5) is 0 Å². The lowest BCUT2D eigenvalue weighted by atomic mass is 10.1. The molecule has 1 aromatic heterocycles. The van der Waals surface area contributed by atoms with Crippen molar-refractivity contribution < 1.29 is 14.4 Å². The Hall–Kier alpha value is -3.22. The van der Waals surface area contributed by atoms with E-state index in [1.165, 1.54) is 0 Å². The molecule has 3 amide bonds. The van der Waals surface area contributed by atoms with Crippen molar-refractivity contribution in [3.8, 4) is 0 Å². The lowest BCUT2D eigenvalue weighted by Gasteiger charge is -2.24. The largest absolute Gasteiger partial charge is 0.341 e. The van der Waals surface area contributed by atoms with Gasteiger partial charge in [-0.3, -0.25) is 19.4 Å². The number of carbonyl (C=O) groups is 3. The maximum absolute atomic E-state index is 13.1. The maximum Gasteiger partial charge on any atom is 0.255 e. The van der Waals surface area contributed by atoms with Gasteiger partial charge < -0.3 is 14.7 Å². The van der Waals surface area contributed by atoms with Crippen LogP contribution in [0, 0.1) is 5.92 Å².